The predicted molar refractivity (Wildman–Crippen MR) is 187 cm³/mol. The molecule has 3 N–H and O–H groups in total. The maximum absolute atomic E-state index is 12.0. The molecule has 1 saturated heterocycles. The number of hydrogen-bond acceptors (Lipinski definition) is 6. The van der Waals surface area contributed by atoms with Crippen molar-refractivity contribution in [1.82, 2.24) is 9.96 Å². The normalized spacial score (nSPS) is 20.5. The molecule has 2 unspecified atom stereocenters. The molecule has 0 aromatic heterocycles. The Morgan fingerprint density at radius 3 is 1.91 bits per heavy atom. The van der Waals surface area contributed by atoms with Crippen LogP contribution in [0.25, 0.3) is 11.1 Å². The van der Waals surface area contributed by atoms with E-state index in [1.807, 2.05) is 42.9 Å². The van der Waals surface area contributed by atoms with Crippen molar-refractivity contribution in [2.24, 2.45) is 17.1 Å². The second-order valence-electron chi connectivity index (χ2n) is 12.8. The van der Waals surface area contributed by atoms with Crippen molar-refractivity contribution in [3.8, 4) is 11.1 Å². The van der Waals surface area contributed by atoms with E-state index in [1.54, 1.807) is 7.11 Å². The molecule has 1 aliphatic heterocycles. The highest BCUT2D eigenvalue weighted by Gasteiger charge is 2.36. The Morgan fingerprint density at radius 1 is 1.07 bits per heavy atom. The Bertz CT molecular complexity index is 1110. The van der Waals surface area contributed by atoms with Crippen LogP contribution in [0.1, 0.15) is 87.5 Å². The monoisotopic (exact) mass is 641 g/mol. The molecule has 3 atom stereocenters. The van der Waals surface area contributed by atoms with Gasteiger partial charge >= 0.3 is 6.09 Å². The van der Waals surface area contributed by atoms with E-state index in [-0.39, 0.29) is 23.8 Å². The maximum Gasteiger partial charge on any atom is 0.405 e. The van der Waals surface area contributed by atoms with E-state index in [4.69, 9.17) is 25.2 Å². The largest absolute Gasteiger partial charge is 0.483 e. The van der Waals surface area contributed by atoms with E-state index in [1.165, 1.54) is 11.1 Å². The van der Waals surface area contributed by atoms with E-state index in [0.29, 0.717) is 19.0 Å². The number of rotatable bonds is 5. The number of amides is 2. The van der Waals surface area contributed by atoms with Crippen molar-refractivity contribution >= 4 is 18.5 Å². The van der Waals surface area contributed by atoms with Gasteiger partial charge in [-0.05, 0) is 49.1 Å². The van der Waals surface area contributed by atoms with Crippen LogP contribution in [-0.4, -0.2) is 65.5 Å². The van der Waals surface area contributed by atoms with Gasteiger partial charge in [0.1, 0.15) is 5.60 Å². The summed E-state index contributed by atoms with van der Waals surface area (Å²) in [7, 11) is 1.64. The van der Waals surface area contributed by atoms with Crippen molar-refractivity contribution in [2.75, 3.05) is 20.3 Å². The summed E-state index contributed by atoms with van der Waals surface area (Å²) in [6.45, 7) is 21.5. The van der Waals surface area contributed by atoms with E-state index < -0.39 is 11.7 Å². The molecule has 1 heterocycles. The molecule has 0 bridgehead atoms. The van der Waals surface area contributed by atoms with Crippen LogP contribution in [0.4, 0.5) is 4.79 Å². The Balaban J connectivity index is 0.000000618. The number of nitrogens with zero attached hydrogens (tertiary/aromatic N) is 2. The van der Waals surface area contributed by atoms with E-state index in [0.717, 1.165) is 37.8 Å². The average Bonchev–Trinajstić information content (AvgIpc) is 3.39. The van der Waals surface area contributed by atoms with E-state index in [2.05, 4.69) is 89.7 Å². The van der Waals surface area contributed by atoms with Crippen LogP contribution in [0, 0.1) is 11.3 Å². The Hall–Kier alpha value is -3.69. The third-order valence-electron chi connectivity index (χ3n) is 7.30. The minimum atomic E-state index is -0.683. The minimum absolute atomic E-state index is 0.0529. The maximum atomic E-state index is 12.0. The van der Waals surface area contributed by atoms with Gasteiger partial charge in [-0.25, -0.2) is 4.79 Å². The Morgan fingerprint density at radius 2 is 1.54 bits per heavy atom. The van der Waals surface area contributed by atoms with Crippen molar-refractivity contribution in [1.29, 1.82) is 0 Å². The van der Waals surface area contributed by atoms with Crippen molar-refractivity contribution in [3.05, 3.63) is 72.8 Å². The Kier molecular flexibility index (Phi) is 20.2. The van der Waals surface area contributed by atoms with Gasteiger partial charge in [-0.2, -0.15) is 5.06 Å². The van der Waals surface area contributed by atoms with Crippen LogP contribution in [0.3, 0.4) is 0 Å². The third kappa shape index (κ3) is 17.1. The summed E-state index contributed by atoms with van der Waals surface area (Å²) in [4.78, 5) is 38.1. The first-order valence-corrected chi connectivity index (χ1v) is 16.1. The van der Waals surface area contributed by atoms with Gasteiger partial charge in [0.2, 0.25) is 5.91 Å². The van der Waals surface area contributed by atoms with Gasteiger partial charge in [-0.15, -0.1) is 0 Å². The number of hydroxylamine groups is 2. The van der Waals surface area contributed by atoms with Crippen LogP contribution in [0.5, 0.6) is 0 Å². The van der Waals surface area contributed by atoms with Gasteiger partial charge < -0.3 is 25.3 Å². The summed E-state index contributed by atoms with van der Waals surface area (Å²) in [5.74, 6) is 0.787. The molecule has 4 rings (SSSR count). The molecule has 0 radical (unpaired) electrons. The fourth-order valence-corrected chi connectivity index (χ4v) is 5.41. The number of carbonyl (C=O) groups excluding carboxylic acids is 2. The number of hydrogen-bond donors (Lipinski definition) is 2. The van der Waals surface area contributed by atoms with Crippen molar-refractivity contribution in [2.45, 2.75) is 99.1 Å². The smallest absolute Gasteiger partial charge is 0.405 e. The number of benzene rings is 2. The molecule has 2 aliphatic rings. The van der Waals surface area contributed by atoms with E-state index >= 15 is 0 Å². The summed E-state index contributed by atoms with van der Waals surface area (Å²) < 4.78 is 5.16. The molecule has 46 heavy (non-hydrogen) atoms. The first-order valence-electron chi connectivity index (χ1n) is 16.1. The van der Waals surface area contributed by atoms with Gasteiger partial charge in [0.25, 0.3) is 6.47 Å². The molecule has 1 saturated carbocycles. The zero-order valence-electron chi connectivity index (χ0n) is 29.6. The second-order valence-corrected chi connectivity index (χ2v) is 12.8. The number of ether oxygens (including phenoxy) is 1. The number of carbonyl (C=O) groups is 3. The average molecular weight is 642 g/mol. The molecule has 9 nitrogen and oxygen atoms in total. The molecule has 0 spiro atoms. The zero-order valence-corrected chi connectivity index (χ0v) is 29.6. The summed E-state index contributed by atoms with van der Waals surface area (Å²) >= 11 is 0. The fourth-order valence-electron chi connectivity index (χ4n) is 5.41. The molecule has 2 fully saturated rings. The van der Waals surface area contributed by atoms with E-state index in [9.17, 15) is 9.59 Å². The molecular formula is C37H59N3O6. The third-order valence-corrected chi connectivity index (χ3v) is 7.30. The summed E-state index contributed by atoms with van der Waals surface area (Å²) in [6.07, 6.45) is 3.69. The number of primary amides is 1. The SMILES string of the molecule is C=C1CC(CC)CC(C)(OC(N)=O)C1.CC.CON1C[C@@H](C)N(C(=O)CC(C)(C)C)C1.O=CO.c1ccc(-c2ccccc2)cc1. The van der Waals surface area contributed by atoms with Gasteiger partial charge in [-0.1, -0.05) is 121 Å². The van der Waals surface area contributed by atoms with Crippen LogP contribution >= 0.6 is 0 Å². The molecule has 2 amide bonds. The van der Waals surface area contributed by atoms with Crippen molar-refractivity contribution < 1.29 is 29.1 Å². The lowest BCUT2D eigenvalue weighted by Gasteiger charge is -2.38. The minimum Gasteiger partial charge on any atom is -0.483 e. The first kappa shape index (κ1) is 42.3. The summed E-state index contributed by atoms with van der Waals surface area (Å²) in [5, 5.41) is 8.70. The highest BCUT2D eigenvalue weighted by Crippen LogP contribution is 2.38. The molecule has 2 aromatic carbocycles. The fraction of sp³-hybridized carbons (Fsp3) is 0.541. The van der Waals surface area contributed by atoms with Crippen molar-refractivity contribution in [3.63, 3.8) is 0 Å². The molecular weight excluding hydrogens is 582 g/mol. The standard InChI is InChI=1S/C12H10.C11H22N2O2.C11H19NO2.C2H6.CH2O2/c1-3-7-11(8-4-1)12-9-5-2-6-10-12;1-9-7-12(15-5)8-13(9)10(14)6-11(2,3)4;1-4-9-5-8(2)6-11(3,7-9)14-10(12)13;1-2;2-1-3/h1-10H;9H,6-8H2,1-5H3;9H,2,4-7H2,1,3H3,(H2,12,13);1-2H3;1H,(H,2,3)/t;9-;;;/m.1.../s1. The van der Waals surface area contributed by atoms with Crippen LogP contribution < -0.4 is 5.73 Å². The highest BCUT2D eigenvalue weighted by molar-refractivity contribution is 5.77. The lowest BCUT2D eigenvalue weighted by molar-refractivity contribution is -0.144. The van der Waals surface area contributed by atoms with Gasteiger partial charge in [0, 0.05) is 25.4 Å². The van der Waals surface area contributed by atoms with Crippen LogP contribution in [-0.2, 0) is 19.2 Å². The van der Waals surface area contributed by atoms with Crippen LogP contribution in [0.2, 0.25) is 0 Å². The number of carboxylic acid groups (broad SMARTS) is 1. The summed E-state index contributed by atoms with van der Waals surface area (Å²) in [5.41, 5.74) is 8.39. The van der Waals surface area contributed by atoms with Crippen LogP contribution in [0.15, 0.2) is 72.8 Å². The topological polar surface area (TPSA) is 122 Å². The summed E-state index contributed by atoms with van der Waals surface area (Å²) in [6, 6.07) is 21.0. The zero-order chi connectivity index (χ0) is 35.3. The number of nitrogens with two attached hydrogens (primary N) is 1. The lowest BCUT2D eigenvalue weighted by atomic mass is 9.76. The first-order chi connectivity index (χ1) is 21.7. The van der Waals surface area contributed by atoms with Gasteiger partial charge in [-0.3, -0.25) is 9.59 Å². The van der Waals surface area contributed by atoms with Gasteiger partial charge in [0.05, 0.1) is 13.8 Å². The predicted octanol–water partition coefficient (Wildman–Crippen LogP) is 8.16. The quantitative estimate of drug-likeness (QED) is 0.249. The molecule has 1 aliphatic carbocycles. The highest BCUT2D eigenvalue weighted by atomic mass is 16.7. The molecule has 9 heteroatoms. The molecule has 258 valence electrons. The second kappa shape index (κ2) is 21.9. The molecule has 2 aromatic rings. The van der Waals surface area contributed by atoms with Gasteiger partial charge in [0.15, 0.2) is 0 Å². The Labute approximate surface area is 277 Å². The lowest BCUT2D eigenvalue weighted by Crippen LogP contribution is -2.39.